The Morgan fingerprint density at radius 1 is 1.19 bits per heavy atom. The van der Waals surface area contributed by atoms with E-state index in [-0.39, 0.29) is 35.1 Å². The molecule has 0 aromatic carbocycles. The molecule has 0 bridgehead atoms. The Labute approximate surface area is 181 Å². The highest BCUT2D eigenvalue weighted by Crippen LogP contribution is 2.40. The number of nitrogens with zero attached hydrogens (tertiary/aromatic N) is 1. The number of methoxy groups -OCH3 is 1. The molecular weight excluding hydrogens is 479 g/mol. The lowest BCUT2D eigenvalue weighted by atomic mass is 9.83. The van der Waals surface area contributed by atoms with Crippen molar-refractivity contribution in [3.8, 4) is 0 Å². The van der Waals surface area contributed by atoms with Gasteiger partial charge in [0.05, 0.1) is 5.75 Å². The highest BCUT2D eigenvalue weighted by atomic mass is 127. The Kier molecular flexibility index (Phi) is 11.5. The molecule has 0 saturated heterocycles. The number of rotatable bonds is 11. The van der Waals surface area contributed by atoms with E-state index in [0.717, 1.165) is 32.4 Å². The van der Waals surface area contributed by atoms with Crippen LogP contribution in [0.3, 0.4) is 0 Å². The molecule has 7 nitrogen and oxygen atoms in total. The van der Waals surface area contributed by atoms with Crippen LogP contribution in [-0.2, 0) is 14.8 Å². The minimum atomic E-state index is -3.22. The molecule has 0 radical (unpaired) electrons. The van der Waals surface area contributed by atoms with Gasteiger partial charge in [0, 0.05) is 40.4 Å². The third-order valence-corrected chi connectivity index (χ3v) is 7.18. The van der Waals surface area contributed by atoms with Crippen LogP contribution in [0.25, 0.3) is 0 Å². The molecule has 9 heteroatoms. The normalized spacial score (nSPS) is 20.0. The summed E-state index contributed by atoms with van der Waals surface area (Å²) in [5.41, 5.74) is 0.268. The van der Waals surface area contributed by atoms with Crippen LogP contribution in [0.1, 0.15) is 51.4 Å². The predicted octanol–water partition coefficient (Wildman–Crippen LogP) is 2.09. The van der Waals surface area contributed by atoms with Gasteiger partial charge in [-0.3, -0.25) is 4.99 Å². The van der Waals surface area contributed by atoms with Crippen molar-refractivity contribution >= 4 is 40.0 Å². The average molecular weight is 516 g/mol. The van der Waals surface area contributed by atoms with Gasteiger partial charge in [0.15, 0.2) is 5.96 Å². The molecule has 0 amide bonds. The molecule has 0 atom stereocenters. The van der Waals surface area contributed by atoms with Gasteiger partial charge in [-0.25, -0.2) is 13.1 Å². The first-order valence-corrected chi connectivity index (χ1v) is 11.5. The van der Waals surface area contributed by atoms with Crippen LogP contribution in [0.15, 0.2) is 4.99 Å². The third-order valence-electron chi connectivity index (χ3n) is 5.84. The van der Waals surface area contributed by atoms with Gasteiger partial charge in [0.1, 0.15) is 0 Å². The molecule has 0 unspecified atom stereocenters. The maximum Gasteiger partial charge on any atom is 0.213 e. The number of guanidine groups is 1. The summed E-state index contributed by atoms with van der Waals surface area (Å²) in [4.78, 5) is 4.22. The number of aliphatic imine (C=N–C) groups is 1. The van der Waals surface area contributed by atoms with E-state index < -0.39 is 10.0 Å². The Morgan fingerprint density at radius 3 is 2.44 bits per heavy atom. The standard InChI is InChI=1S/C18H36N4O3S.HI/c1-19-17(21-15-18(10-12-25-2)8-3-4-9-18)20-11-13-26(23,24)22-14-16-6-5-7-16;/h16,22H,3-15H2,1-2H3,(H2,19,20,21);1H. The van der Waals surface area contributed by atoms with E-state index in [0.29, 0.717) is 25.0 Å². The van der Waals surface area contributed by atoms with Gasteiger partial charge in [-0.2, -0.15) is 0 Å². The second kappa shape index (κ2) is 12.4. The van der Waals surface area contributed by atoms with E-state index in [4.69, 9.17) is 4.74 Å². The van der Waals surface area contributed by atoms with Crippen molar-refractivity contribution in [2.24, 2.45) is 16.3 Å². The molecule has 0 aliphatic heterocycles. The number of hydrogen-bond donors (Lipinski definition) is 3. The smallest absolute Gasteiger partial charge is 0.213 e. The van der Waals surface area contributed by atoms with Crippen molar-refractivity contribution < 1.29 is 13.2 Å². The van der Waals surface area contributed by atoms with Gasteiger partial charge in [0.25, 0.3) is 0 Å². The SMILES string of the molecule is CN=C(NCCS(=O)(=O)NCC1CCC1)NCC1(CCOC)CCCC1.I. The summed E-state index contributed by atoms with van der Waals surface area (Å²) in [6, 6.07) is 0. The number of nitrogens with one attached hydrogen (secondary N) is 3. The van der Waals surface area contributed by atoms with Crippen LogP contribution in [0.2, 0.25) is 0 Å². The van der Waals surface area contributed by atoms with Crippen molar-refractivity contribution in [1.29, 1.82) is 0 Å². The van der Waals surface area contributed by atoms with Crippen molar-refractivity contribution in [2.45, 2.75) is 51.4 Å². The zero-order chi connectivity index (χ0) is 18.9. The number of hydrogen-bond acceptors (Lipinski definition) is 4. The van der Waals surface area contributed by atoms with Gasteiger partial charge in [0.2, 0.25) is 10.0 Å². The molecule has 2 rings (SSSR count). The first-order chi connectivity index (χ1) is 12.5. The van der Waals surface area contributed by atoms with E-state index in [1.54, 1.807) is 14.2 Å². The lowest BCUT2D eigenvalue weighted by Crippen LogP contribution is -2.45. The van der Waals surface area contributed by atoms with E-state index in [1.165, 1.54) is 32.1 Å². The fourth-order valence-electron chi connectivity index (χ4n) is 3.77. The molecule has 2 aliphatic carbocycles. The van der Waals surface area contributed by atoms with E-state index >= 15 is 0 Å². The summed E-state index contributed by atoms with van der Waals surface area (Å²) in [5, 5.41) is 6.51. The molecule has 0 spiro atoms. The van der Waals surface area contributed by atoms with E-state index in [1.807, 2.05) is 0 Å². The first-order valence-electron chi connectivity index (χ1n) is 9.89. The molecule has 0 heterocycles. The van der Waals surface area contributed by atoms with Crippen LogP contribution in [0, 0.1) is 11.3 Å². The van der Waals surface area contributed by atoms with E-state index in [2.05, 4.69) is 20.3 Å². The average Bonchev–Trinajstić information content (AvgIpc) is 3.03. The highest BCUT2D eigenvalue weighted by molar-refractivity contribution is 14.0. The number of halogens is 1. The van der Waals surface area contributed by atoms with Gasteiger partial charge < -0.3 is 15.4 Å². The summed E-state index contributed by atoms with van der Waals surface area (Å²) in [6.45, 7) is 2.56. The third kappa shape index (κ3) is 8.82. The summed E-state index contributed by atoms with van der Waals surface area (Å²) in [6.07, 6.45) is 9.50. The molecule has 3 N–H and O–H groups in total. The predicted molar refractivity (Wildman–Crippen MR) is 121 cm³/mol. The summed E-state index contributed by atoms with van der Waals surface area (Å²) in [7, 11) is 0.240. The van der Waals surface area contributed by atoms with E-state index in [9.17, 15) is 8.42 Å². The van der Waals surface area contributed by atoms with Crippen molar-refractivity contribution in [3.05, 3.63) is 0 Å². The largest absolute Gasteiger partial charge is 0.385 e. The van der Waals surface area contributed by atoms with Gasteiger partial charge >= 0.3 is 0 Å². The van der Waals surface area contributed by atoms with Crippen molar-refractivity contribution in [2.75, 3.05) is 46.2 Å². The molecule has 2 fully saturated rings. The maximum absolute atomic E-state index is 12.1. The lowest BCUT2D eigenvalue weighted by molar-refractivity contribution is 0.138. The van der Waals surface area contributed by atoms with Gasteiger partial charge in [-0.15, -0.1) is 24.0 Å². The number of ether oxygens (including phenoxy) is 1. The Hall–Kier alpha value is -0.130. The topological polar surface area (TPSA) is 91.8 Å². The molecule has 160 valence electrons. The molecule has 27 heavy (non-hydrogen) atoms. The fraction of sp³-hybridized carbons (Fsp3) is 0.944. The number of sulfonamides is 1. The van der Waals surface area contributed by atoms with Crippen LogP contribution in [0.4, 0.5) is 0 Å². The summed E-state index contributed by atoms with van der Waals surface area (Å²) in [5.74, 6) is 1.26. The molecule has 0 aromatic heterocycles. The van der Waals surface area contributed by atoms with Crippen molar-refractivity contribution in [3.63, 3.8) is 0 Å². The first kappa shape index (κ1) is 24.9. The molecule has 0 aromatic rings. The lowest BCUT2D eigenvalue weighted by Gasteiger charge is -2.30. The second-order valence-electron chi connectivity index (χ2n) is 7.77. The minimum Gasteiger partial charge on any atom is -0.385 e. The Bertz CT molecular complexity index is 547. The summed E-state index contributed by atoms with van der Waals surface area (Å²) >= 11 is 0. The fourth-order valence-corrected chi connectivity index (χ4v) is 4.77. The van der Waals surface area contributed by atoms with Crippen LogP contribution in [0.5, 0.6) is 0 Å². The molecular formula is C18H37IN4O3S. The highest BCUT2D eigenvalue weighted by Gasteiger charge is 2.33. The molecule has 2 saturated carbocycles. The molecule has 2 aliphatic rings. The maximum atomic E-state index is 12.1. The monoisotopic (exact) mass is 516 g/mol. The summed E-state index contributed by atoms with van der Waals surface area (Å²) < 4.78 is 32.1. The van der Waals surface area contributed by atoms with Crippen LogP contribution in [-0.4, -0.2) is 60.5 Å². The Balaban J connectivity index is 0.00000364. The minimum absolute atomic E-state index is 0. The quantitative estimate of drug-likeness (QED) is 0.222. The Morgan fingerprint density at radius 2 is 1.89 bits per heavy atom. The van der Waals surface area contributed by atoms with Crippen molar-refractivity contribution in [1.82, 2.24) is 15.4 Å². The van der Waals surface area contributed by atoms with Crippen LogP contribution >= 0.6 is 24.0 Å². The zero-order valence-electron chi connectivity index (χ0n) is 16.8. The second-order valence-corrected chi connectivity index (χ2v) is 9.69. The van der Waals surface area contributed by atoms with Crippen LogP contribution < -0.4 is 15.4 Å². The van der Waals surface area contributed by atoms with Gasteiger partial charge in [-0.1, -0.05) is 19.3 Å². The zero-order valence-corrected chi connectivity index (χ0v) is 19.9. The van der Waals surface area contributed by atoms with Gasteiger partial charge in [-0.05, 0) is 43.4 Å².